The molecule has 5 heteroatoms. The summed E-state index contributed by atoms with van der Waals surface area (Å²) in [5.41, 5.74) is 0. The third-order valence-corrected chi connectivity index (χ3v) is 4.25. The van der Waals surface area contributed by atoms with E-state index in [1.807, 2.05) is 18.5 Å². The fourth-order valence-corrected chi connectivity index (χ4v) is 3.10. The van der Waals surface area contributed by atoms with E-state index in [1.165, 1.54) is 25.7 Å². The third kappa shape index (κ3) is 3.67. The predicted octanol–water partition coefficient (Wildman–Crippen LogP) is 1.60. The number of rotatable bonds is 3. The van der Waals surface area contributed by atoms with Crippen LogP contribution in [-0.2, 0) is 4.74 Å². The van der Waals surface area contributed by atoms with Crippen molar-refractivity contribution in [2.45, 2.75) is 44.2 Å². The number of nitrogens with zero attached hydrogens (tertiary/aromatic N) is 3. The van der Waals surface area contributed by atoms with Crippen LogP contribution in [0.3, 0.4) is 0 Å². The highest BCUT2D eigenvalue weighted by atomic mass is 16.5. The first kappa shape index (κ1) is 13.8. The van der Waals surface area contributed by atoms with Gasteiger partial charge in [0.2, 0.25) is 5.95 Å². The Morgan fingerprint density at radius 2 is 1.75 bits per heavy atom. The van der Waals surface area contributed by atoms with E-state index < -0.39 is 0 Å². The molecule has 0 amide bonds. The number of nitrogens with one attached hydrogen (secondary N) is 1. The van der Waals surface area contributed by atoms with Crippen LogP contribution in [0.5, 0.6) is 0 Å². The number of hydrogen-bond donors (Lipinski definition) is 1. The van der Waals surface area contributed by atoms with Crippen LogP contribution in [0.25, 0.3) is 0 Å². The Morgan fingerprint density at radius 1 is 1.00 bits per heavy atom. The molecule has 2 aliphatic rings. The molecule has 2 saturated heterocycles. The first-order valence-electron chi connectivity index (χ1n) is 7.77. The molecule has 0 aliphatic carbocycles. The Morgan fingerprint density at radius 3 is 2.55 bits per heavy atom. The van der Waals surface area contributed by atoms with Gasteiger partial charge in [0, 0.05) is 50.8 Å². The maximum atomic E-state index is 5.52. The number of anilines is 1. The van der Waals surface area contributed by atoms with Crippen LogP contribution in [0.2, 0.25) is 0 Å². The van der Waals surface area contributed by atoms with Crippen molar-refractivity contribution in [3.63, 3.8) is 0 Å². The summed E-state index contributed by atoms with van der Waals surface area (Å²) in [7, 11) is 0. The van der Waals surface area contributed by atoms with Gasteiger partial charge in [-0.3, -0.25) is 0 Å². The first-order chi connectivity index (χ1) is 9.92. The van der Waals surface area contributed by atoms with Crippen molar-refractivity contribution < 1.29 is 4.74 Å². The van der Waals surface area contributed by atoms with Crippen molar-refractivity contribution in [2.75, 3.05) is 31.2 Å². The summed E-state index contributed by atoms with van der Waals surface area (Å²) in [6, 6.07) is 3.14. The van der Waals surface area contributed by atoms with Gasteiger partial charge in [-0.1, -0.05) is 0 Å². The monoisotopic (exact) mass is 276 g/mol. The highest BCUT2D eigenvalue weighted by Gasteiger charge is 2.23. The van der Waals surface area contributed by atoms with Gasteiger partial charge >= 0.3 is 0 Å². The second-order valence-corrected chi connectivity index (χ2v) is 5.72. The van der Waals surface area contributed by atoms with E-state index in [-0.39, 0.29) is 0 Å². The summed E-state index contributed by atoms with van der Waals surface area (Å²) in [5.74, 6) is 0.869. The fraction of sp³-hybridized carbons (Fsp3) is 0.733. The van der Waals surface area contributed by atoms with Gasteiger partial charge in [0.05, 0.1) is 0 Å². The molecule has 20 heavy (non-hydrogen) atoms. The van der Waals surface area contributed by atoms with Gasteiger partial charge in [-0.2, -0.15) is 0 Å². The Labute approximate surface area is 120 Å². The van der Waals surface area contributed by atoms with Crippen molar-refractivity contribution in [1.82, 2.24) is 15.3 Å². The number of piperidine rings is 1. The number of ether oxygens (including phenoxy) is 1. The first-order valence-corrected chi connectivity index (χ1v) is 7.77. The van der Waals surface area contributed by atoms with E-state index in [0.717, 1.165) is 38.7 Å². The van der Waals surface area contributed by atoms with Crippen LogP contribution < -0.4 is 10.2 Å². The van der Waals surface area contributed by atoms with Gasteiger partial charge in [0.1, 0.15) is 0 Å². The molecule has 0 bridgehead atoms. The smallest absolute Gasteiger partial charge is 0.225 e. The van der Waals surface area contributed by atoms with E-state index in [4.69, 9.17) is 4.74 Å². The van der Waals surface area contributed by atoms with Gasteiger partial charge < -0.3 is 15.0 Å². The van der Waals surface area contributed by atoms with Crippen LogP contribution in [-0.4, -0.2) is 48.4 Å². The highest BCUT2D eigenvalue weighted by molar-refractivity contribution is 5.29. The molecule has 1 atom stereocenters. The maximum absolute atomic E-state index is 5.52. The third-order valence-electron chi connectivity index (χ3n) is 4.25. The van der Waals surface area contributed by atoms with Gasteiger partial charge in [0.25, 0.3) is 0 Å². The van der Waals surface area contributed by atoms with Gasteiger partial charge in [-0.05, 0) is 38.2 Å². The molecule has 1 N–H and O–H groups in total. The molecule has 2 fully saturated rings. The minimum Gasteiger partial charge on any atom is -0.381 e. The quantitative estimate of drug-likeness (QED) is 0.909. The Kier molecular flexibility index (Phi) is 4.82. The molecular weight excluding hydrogens is 252 g/mol. The SMILES string of the molecule is c1cnc(N2CCC(NC3CCCOCC3)CC2)nc1. The lowest BCUT2D eigenvalue weighted by molar-refractivity contribution is 0.142. The zero-order chi connectivity index (χ0) is 13.6. The van der Waals surface area contributed by atoms with Crippen LogP contribution in [0, 0.1) is 0 Å². The molecule has 5 nitrogen and oxygen atoms in total. The molecule has 3 rings (SSSR count). The van der Waals surface area contributed by atoms with Gasteiger partial charge in [0.15, 0.2) is 0 Å². The molecule has 0 spiro atoms. The fourth-order valence-electron chi connectivity index (χ4n) is 3.10. The Hall–Kier alpha value is -1.20. The summed E-state index contributed by atoms with van der Waals surface area (Å²) < 4.78 is 5.52. The van der Waals surface area contributed by atoms with E-state index in [0.29, 0.717) is 12.1 Å². The second-order valence-electron chi connectivity index (χ2n) is 5.72. The number of aromatic nitrogens is 2. The van der Waals surface area contributed by atoms with Crippen LogP contribution in [0.4, 0.5) is 5.95 Å². The summed E-state index contributed by atoms with van der Waals surface area (Å²) in [6.45, 7) is 3.94. The highest BCUT2D eigenvalue weighted by Crippen LogP contribution is 2.17. The van der Waals surface area contributed by atoms with E-state index in [9.17, 15) is 0 Å². The molecule has 1 aromatic rings. The summed E-state index contributed by atoms with van der Waals surface area (Å²) in [6.07, 6.45) is 9.58. The van der Waals surface area contributed by atoms with Crippen molar-refractivity contribution in [1.29, 1.82) is 0 Å². The molecular formula is C15H24N4O. The minimum absolute atomic E-state index is 0.637. The average molecular weight is 276 g/mol. The van der Waals surface area contributed by atoms with Gasteiger partial charge in [-0.25, -0.2) is 9.97 Å². The maximum Gasteiger partial charge on any atom is 0.225 e. The van der Waals surface area contributed by atoms with Crippen LogP contribution in [0.1, 0.15) is 32.1 Å². The number of hydrogen-bond acceptors (Lipinski definition) is 5. The Bertz CT molecular complexity index is 384. The molecule has 0 aromatic carbocycles. The minimum atomic E-state index is 0.637. The zero-order valence-electron chi connectivity index (χ0n) is 12.0. The largest absolute Gasteiger partial charge is 0.381 e. The Balaban J connectivity index is 1.46. The van der Waals surface area contributed by atoms with Crippen molar-refractivity contribution in [2.24, 2.45) is 0 Å². The lowest BCUT2D eigenvalue weighted by Crippen LogP contribution is -2.46. The predicted molar refractivity (Wildman–Crippen MR) is 78.9 cm³/mol. The average Bonchev–Trinajstić information content (AvgIpc) is 2.78. The summed E-state index contributed by atoms with van der Waals surface area (Å²) >= 11 is 0. The van der Waals surface area contributed by atoms with Crippen molar-refractivity contribution in [3.05, 3.63) is 18.5 Å². The van der Waals surface area contributed by atoms with Crippen molar-refractivity contribution in [3.8, 4) is 0 Å². The van der Waals surface area contributed by atoms with Crippen LogP contribution >= 0.6 is 0 Å². The summed E-state index contributed by atoms with van der Waals surface area (Å²) in [4.78, 5) is 11.0. The second kappa shape index (κ2) is 6.99. The lowest BCUT2D eigenvalue weighted by atomic mass is 10.0. The molecule has 3 heterocycles. The van der Waals surface area contributed by atoms with E-state index >= 15 is 0 Å². The standard InChI is InChI=1S/C15H24N4O/c1-3-13(6-12-20-11-1)18-14-4-9-19(10-5-14)15-16-7-2-8-17-15/h2,7-8,13-14,18H,1,3-6,9-12H2. The molecule has 0 radical (unpaired) electrons. The van der Waals surface area contributed by atoms with Gasteiger partial charge in [-0.15, -0.1) is 0 Å². The van der Waals surface area contributed by atoms with Crippen LogP contribution in [0.15, 0.2) is 18.5 Å². The molecule has 0 saturated carbocycles. The zero-order valence-corrected chi connectivity index (χ0v) is 12.0. The van der Waals surface area contributed by atoms with Crippen molar-refractivity contribution >= 4 is 5.95 Å². The molecule has 110 valence electrons. The normalized spacial score (nSPS) is 25.4. The topological polar surface area (TPSA) is 50.3 Å². The van der Waals surface area contributed by atoms with E-state index in [1.54, 1.807) is 0 Å². The lowest BCUT2D eigenvalue weighted by Gasteiger charge is -2.34. The molecule has 2 aliphatic heterocycles. The molecule has 1 unspecified atom stereocenters. The summed E-state index contributed by atoms with van der Waals surface area (Å²) in [5, 5.41) is 3.82. The van der Waals surface area contributed by atoms with E-state index in [2.05, 4.69) is 20.2 Å². The molecule has 1 aromatic heterocycles.